The van der Waals surface area contributed by atoms with Crippen LogP contribution in [0.1, 0.15) is 66.6 Å². The molecule has 35 heavy (non-hydrogen) atoms. The molecule has 2 aliphatic rings. The maximum Gasteiger partial charge on any atom is 0.418 e. The molecule has 1 aliphatic carbocycles. The lowest BCUT2D eigenvalue weighted by atomic mass is 9.81. The molecule has 1 amide bonds. The number of aliphatic hydroxyl groups is 1. The number of amides is 1. The molecule has 188 valence electrons. The molecular weight excluding hydrogens is 461 g/mol. The molecule has 4 atom stereocenters. The van der Waals surface area contributed by atoms with Gasteiger partial charge in [-0.05, 0) is 62.9 Å². The molecule has 1 aliphatic heterocycles. The van der Waals surface area contributed by atoms with E-state index in [0.717, 1.165) is 44.5 Å². The molecule has 4 N–H and O–H groups in total. The van der Waals surface area contributed by atoms with E-state index in [1.54, 1.807) is 4.68 Å². The largest absolute Gasteiger partial charge is 0.418 e. The molecule has 8 nitrogen and oxygen atoms in total. The fourth-order valence-corrected chi connectivity index (χ4v) is 5.11. The van der Waals surface area contributed by atoms with E-state index in [9.17, 15) is 28.3 Å². The van der Waals surface area contributed by atoms with Gasteiger partial charge in [0.1, 0.15) is 5.56 Å². The minimum Gasteiger partial charge on any atom is -0.379 e. The minimum absolute atomic E-state index is 0.124. The number of piperidine rings is 1. The highest BCUT2D eigenvalue weighted by atomic mass is 19.4. The van der Waals surface area contributed by atoms with Crippen molar-refractivity contribution in [1.29, 1.82) is 5.26 Å². The van der Waals surface area contributed by atoms with Gasteiger partial charge < -0.3 is 21.1 Å². The number of aliphatic hydroxyl groups excluding tert-OH is 1. The summed E-state index contributed by atoms with van der Waals surface area (Å²) in [5.74, 6) is -0.817. The van der Waals surface area contributed by atoms with Gasteiger partial charge in [-0.2, -0.15) is 23.5 Å². The Morgan fingerprint density at radius 3 is 2.49 bits per heavy atom. The predicted molar refractivity (Wildman–Crippen MR) is 123 cm³/mol. The van der Waals surface area contributed by atoms with E-state index in [4.69, 9.17) is 5.73 Å². The number of anilines is 2. The quantitative estimate of drug-likeness (QED) is 0.562. The fraction of sp³-hybridized carbons (Fsp3) is 0.542. The lowest BCUT2D eigenvalue weighted by Gasteiger charge is -2.40. The van der Waals surface area contributed by atoms with Gasteiger partial charge in [-0.25, -0.2) is 0 Å². The van der Waals surface area contributed by atoms with Crippen molar-refractivity contribution in [2.45, 2.75) is 62.9 Å². The molecule has 0 bridgehead atoms. The molecule has 4 rings (SSSR count). The third-order valence-corrected chi connectivity index (χ3v) is 7.00. The number of alkyl halides is 3. The van der Waals surface area contributed by atoms with Crippen LogP contribution in [-0.2, 0) is 0 Å². The highest BCUT2D eigenvalue weighted by Gasteiger charge is 2.39. The van der Waals surface area contributed by atoms with E-state index < -0.39 is 18.2 Å². The first-order chi connectivity index (χ1) is 16.7. The Bertz CT molecular complexity index is 1070. The van der Waals surface area contributed by atoms with Crippen LogP contribution in [0.25, 0.3) is 0 Å². The second kappa shape index (κ2) is 10.3. The lowest BCUT2D eigenvalue weighted by Crippen LogP contribution is -2.44. The van der Waals surface area contributed by atoms with Crippen LogP contribution in [0.3, 0.4) is 0 Å². The molecule has 2 fully saturated rings. The Balaban J connectivity index is 1.51. The van der Waals surface area contributed by atoms with Gasteiger partial charge in [0.15, 0.2) is 11.9 Å². The smallest absolute Gasteiger partial charge is 0.379 e. The minimum atomic E-state index is -4.77. The highest BCUT2D eigenvalue weighted by molar-refractivity contribution is 5.98. The Labute approximate surface area is 201 Å². The Hall–Kier alpha value is -3.10. The molecule has 1 aromatic heterocycles. The van der Waals surface area contributed by atoms with Crippen molar-refractivity contribution >= 4 is 17.4 Å². The molecule has 2 heterocycles. The number of hydrogen-bond donors (Lipinski definition) is 3. The van der Waals surface area contributed by atoms with Crippen molar-refractivity contribution in [2.24, 2.45) is 11.7 Å². The summed E-state index contributed by atoms with van der Waals surface area (Å²) >= 11 is 0. The van der Waals surface area contributed by atoms with Gasteiger partial charge >= 0.3 is 6.18 Å². The van der Waals surface area contributed by atoms with E-state index >= 15 is 0 Å². The Morgan fingerprint density at radius 1 is 1.20 bits per heavy atom. The average molecular weight is 491 g/mol. The second-order valence-corrected chi connectivity index (χ2v) is 9.29. The lowest BCUT2D eigenvalue weighted by molar-refractivity contribution is -0.206. The topological polar surface area (TPSA) is 120 Å². The van der Waals surface area contributed by atoms with Gasteiger partial charge in [-0.1, -0.05) is 18.6 Å². The number of aromatic nitrogens is 2. The Kier molecular flexibility index (Phi) is 7.33. The number of nitrogens with two attached hydrogens (primary N) is 1. The van der Waals surface area contributed by atoms with Crippen LogP contribution in [0.4, 0.5) is 24.7 Å². The summed E-state index contributed by atoms with van der Waals surface area (Å²) < 4.78 is 39.8. The first-order valence-corrected chi connectivity index (χ1v) is 11.8. The number of benzene rings is 1. The zero-order chi connectivity index (χ0) is 25.2. The predicted octanol–water partition coefficient (Wildman–Crippen LogP) is 4.04. The molecule has 1 aromatic carbocycles. The molecule has 0 spiro atoms. The van der Waals surface area contributed by atoms with Crippen LogP contribution in [0.2, 0.25) is 0 Å². The number of likely N-dealkylation sites (tertiary alicyclic amines) is 1. The van der Waals surface area contributed by atoms with E-state index in [1.165, 1.54) is 37.6 Å². The average Bonchev–Trinajstić information content (AvgIpc) is 3.27. The first kappa shape index (κ1) is 25.0. The molecule has 1 saturated heterocycles. The summed E-state index contributed by atoms with van der Waals surface area (Å²) in [6.07, 6.45) is 0.201. The van der Waals surface area contributed by atoms with Crippen molar-refractivity contribution in [3.05, 3.63) is 41.6 Å². The zero-order valence-corrected chi connectivity index (χ0v) is 19.2. The fourth-order valence-electron chi connectivity index (χ4n) is 5.11. The first-order valence-electron chi connectivity index (χ1n) is 11.8. The van der Waals surface area contributed by atoms with Crippen LogP contribution in [0, 0.1) is 17.2 Å². The maximum atomic E-state index is 12.7. The summed E-state index contributed by atoms with van der Waals surface area (Å²) in [6.45, 7) is 2.13. The van der Waals surface area contributed by atoms with Crippen molar-refractivity contribution in [2.75, 3.05) is 18.4 Å². The number of nitrogens with one attached hydrogen (secondary N) is 1. The van der Waals surface area contributed by atoms with Gasteiger partial charge in [0.2, 0.25) is 0 Å². The number of nitrogens with zero attached hydrogens (tertiary/aromatic N) is 4. The monoisotopic (exact) mass is 490 g/mol. The number of halogens is 3. The van der Waals surface area contributed by atoms with Crippen LogP contribution < -0.4 is 11.1 Å². The van der Waals surface area contributed by atoms with Crippen molar-refractivity contribution in [3.8, 4) is 6.07 Å². The number of carbonyl (C=O) groups excluding carboxylic acids is 1. The van der Waals surface area contributed by atoms with Crippen molar-refractivity contribution in [3.63, 3.8) is 0 Å². The zero-order valence-electron chi connectivity index (χ0n) is 19.2. The molecule has 0 radical (unpaired) electrons. The second-order valence-electron chi connectivity index (χ2n) is 9.29. The number of rotatable bonds is 6. The van der Waals surface area contributed by atoms with Crippen LogP contribution in [-0.4, -0.2) is 51.0 Å². The highest BCUT2D eigenvalue weighted by Crippen LogP contribution is 2.38. The standard InChI is InChI=1S/C24H29F3N6O2/c25-24(26,27)21(34)15-4-6-17(7-5-15)30-23-19(22(29)35)14-33(31-23)20-9-8-18(12-16(20)13-28)32-10-2-1-3-11-32/h4-7,14,16,18,20-21,34H,1-3,8-12H2,(H2,29,35)(H,30,31). The van der Waals surface area contributed by atoms with Gasteiger partial charge in [0.25, 0.3) is 5.91 Å². The molecule has 4 unspecified atom stereocenters. The van der Waals surface area contributed by atoms with Crippen LogP contribution in [0.5, 0.6) is 0 Å². The number of primary amides is 1. The van der Waals surface area contributed by atoms with Gasteiger partial charge in [0.05, 0.1) is 18.0 Å². The van der Waals surface area contributed by atoms with E-state index in [-0.39, 0.29) is 28.9 Å². The summed E-state index contributed by atoms with van der Waals surface area (Å²) in [6, 6.07) is 7.59. The van der Waals surface area contributed by atoms with E-state index in [0.29, 0.717) is 11.7 Å². The number of nitriles is 1. The summed E-state index contributed by atoms with van der Waals surface area (Å²) in [4.78, 5) is 14.6. The third-order valence-electron chi connectivity index (χ3n) is 7.00. The number of hydrogen-bond acceptors (Lipinski definition) is 6. The van der Waals surface area contributed by atoms with Gasteiger partial charge in [-0.3, -0.25) is 9.48 Å². The molecule has 2 aromatic rings. The summed E-state index contributed by atoms with van der Waals surface area (Å²) in [5, 5.41) is 26.7. The molecular formula is C24H29F3N6O2. The summed E-state index contributed by atoms with van der Waals surface area (Å²) in [5.41, 5.74) is 5.75. The SMILES string of the molecule is N#CC1CC(N2CCCCC2)CCC1n1cc(C(N)=O)c(Nc2ccc(C(O)C(F)(F)F)cc2)n1. The Morgan fingerprint density at radius 2 is 1.89 bits per heavy atom. The molecule has 11 heteroatoms. The van der Waals surface area contributed by atoms with Crippen LogP contribution in [0.15, 0.2) is 30.5 Å². The van der Waals surface area contributed by atoms with Crippen molar-refractivity contribution in [1.82, 2.24) is 14.7 Å². The van der Waals surface area contributed by atoms with Crippen molar-refractivity contribution < 1.29 is 23.1 Å². The van der Waals surface area contributed by atoms with Gasteiger partial charge in [0, 0.05) is 17.9 Å². The van der Waals surface area contributed by atoms with E-state index in [1.807, 2.05) is 0 Å². The van der Waals surface area contributed by atoms with Crippen LogP contribution >= 0.6 is 0 Å². The normalized spacial score (nSPS) is 24.5. The number of carbonyl (C=O) groups is 1. The third kappa shape index (κ3) is 5.60. The molecule has 1 saturated carbocycles. The maximum absolute atomic E-state index is 12.7. The van der Waals surface area contributed by atoms with E-state index in [2.05, 4.69) is 21.4 Å². The summed E-state index contributed by atoms with van der Waals surface area (Å²) in [7, 11) is 0. The van der Waals surface area contributed by atoms with Gasteiger partial charge in [-0.15, -0.1) is 0 Å².